The van der Waals surface area contributed by atoms with E-state index < -0.39 is 11.1 Å². The van der Waals surface area contributed by atoms with E-state index in [1.54, 1.807) is 13.8 Å². The van der Waals surface area contributed by atoms with Crippen LogP contribution in [-0.2, 0) is 4.99 Å². The van der Waals surface area contributed by atoms with E-state index in [0.717, 1.165) is 0 Å². The molecule has 3 rings (SSSR count). The van der Waals surface area contributed by atoms with E-state index in [0.29, 0.717) is 33.7 Å². The summed E-state index contributed by atoms with van der Waals surface area (Å²) < 4.78 is 5.39. The lowest BCUT2D eigenvalue weighted by Gasteiger charge is -2.11. The van der Waals surface area contributed by atoms with Crippen LogP contribution in [0.3, 0.4) is 0 Å². The number of benzene rings is 1. The van der Waals surface area contributed by atoms with E-state index in [-0.39, 0.29) is 5.89 Å². The van der Waals surface area contributed by atoms with Gasteiger partial charge in [0.05, 0.1) is 22.3 Å². The van der Waals surface area contributed by atoms with E-state index in [1.807, 2.05) is 0 Å². The smallest absolute Gasteiger partial charge is 0.314 e. The molecule has 0 bridgehead atoms. The van der Waals surface area contributed by atoms with Gasteiger partial charge in [0, 0.05) is 6.92 Å². The number of hydrogen-bond donors (Lipinski definition) is 4. The lowest BCUT2D eigenvalue weighted by Crippen LogP contribution is -2.29. The molecule has 10 nitrogen and oxygen atoms in total. The first-order chi connectivity index (χ1) is 10.5. The highest BCUT2D eigenvalue weighted by molar-refractivity contribution is 5.94. The maximum absolute atomic E-state index is 11.6. The first-order valence-electron chi connectivity index (χ1n) is 6.18. The SMILES string of the molecule is Cc1nnc(-c2c(C)c(NOO)cc3[nH]c(=O)c(=O)[nH]c23)o1. The van der Waals surface area contributed by atoms with Crippen molar-refractivity contribution in [2.45, 2.75) is 13.8 Å². The molecule has 0 aliphatic carbocycles. The molecule has 0 unspecified atom stereocenters. The molecule has 114 valence electrons. The molecular weight excluding hydrogens is 294 g/mol. The van der Waals surface area contributed by atoms with Gasteiger partial charge in [-0.1, -0.05) is 0 Å². The number of nitrogens with zero attached hydrogens (tertiary/aromatic N) is 2. The second kappa shape index (κ2) is 5.09. The molecule has 22 heavy (non-hydrogen) atoms. The van der Waals surface area contributed by atoms with Gasteiger partial charge in [-0.2, -0.15) is 0 Å². The number of fused-ring (bicyclic) bond motifs is 1. The van der Waals surface area contributed by atoms with Gasteiger partial charge in [0.25, 0.3) is 0 Å². The molecule has 0 aliphatic heterocycles. The molecule has 4 N–H and O–H groups in total. The number of H-pyrrole nitrogens is 2. The summed E-state index contributed by atoms with van der Waals surface area (Å²) in [5, 5.41) is 16.3. The van der Waals surface area contributed by atoms with E-state index >= 15 is 0 Å². The number of aromatic amines is 2. The predicted molar refractivity (Wildman–Crippen MR) is 75.3 cm³/mol. The van der Waals surface area contributed by atoms with Gasteiger partial charge in [0.2, 0.25) is 11.8 Å². The summed E-state index contributed by atoms with van der Waals surface area (Å²) >= 11 is 0. The maximum atomic E-state index is 11.6. The minimum Gasteiger partial charge on any atom is -0.421 e. The van der Waals surface area contributed by atoms with Gasteiger partial charge in [-0.15, -0.1) is 15.2 Å². The lowest BCUT2D eigenvalue weighted by atomic mass is 10.0. The number of aryl methyl sites for hydroxylation is 1. The molecule has 0 radical (unpaired) electrons. The number of hydrogen-bond acceptors (Lipinski definition) is 8. The Balaban J connectivity index is 2.45. The van der Waals surface area contributed by atoms with Crippen molar-refractivity contribution < 1.29 is 14.7 Å². The van der Waals surface area contributed by atoms with Crippen LogP contribution in [0.15, 0.2) is 20.1 Å². The van der Waals surface area contributed by atoms with Crippen molar-refractivity contribution in [1.82, 2.24) is 20.2 Å². The Morgan fingerprint density at radius 2 is 1.95 bits per heavy atom. The summed E-state index contributed by atoms with van der Waals surface area (Å²) in [6, 6.07) is 1.49. The Hall–Kier alpha value is -2.98. The summed E-state index contributed by atoms with van der Waals surface area (Å²) in [4.78, 5) is 31.9. The minimum atomic E-state index is -0.806. The fraction of sp³-hybridized carbons (Fsp3) is 0.167. The van der Waals surface area contributed by atoms with Crippen LogP contribution in [0.5, 0.6) is 0 Å². The van der Waals surface area contributed by atoms with Crippen molar-refractivity contribution in [3.63, 3.8) is 0 Å². The highest BCUT2D eigenvalue weighted by atomic mass is 17.2. The van der Waals surface area contributed by atoms with E-state index in [2.05, 4.69) is 30.6 Å². The molecule has 1 aromatic carbocycles. The summed E-state index contributed by atoms with van der Waals surface area (Å²) in [6.07, 6.45) is 0. The standard InChI is InChI=1S/C12H11N5O5/c1-4-6(17-22-20)3-7-9(14-11(19)10(18)13-7)8(4)12-16-15-5(2)21-12/h3,17,20H,1-2H3,(H,13,18)(H,14,19). The highest BCUT2D eigenvalue weighted by Crippen LogP contribution is 2.33. The Labute approximate surface area is 121 Å². The average Bonchev–Trinajstić information content (AvgIpc) is 2.89. The average molecular weight is 305 g/mol. The van der Waals surface area contributed by atoms with E-state index in [4.69, 9.17) is 9.67 Å². The number of anilines is 1. The van der Waals surface area contributed by atoms with Gasteiger partial charge in [0.15, 0.2) is 0 Å². The van der Waals surface area contributed by atoms with Gasteiger partial charge < -0.3 is 14.4 Å². The van der Waals surface area contributed by atoms with Gasteiger partial charge in [-0.05, 0) is 18.6 Å². The van der Waals surface area contributed by atoms with Crippen molar-refractivity contribution in [2.24, 2.45) is 0 Å². The maximum Gasteiger partial charge on any atom is 0.314 e. The van der Waals surface area contributed by atoms with Crippen LogP contribution in [0.4, 0.5) is 5.69 Å². The van der Waals surface area contributed by atoms with Crippen LogP contribution in [0.2, 0.25) is 0 Å². The van der Waals surface area contributed by atoms with Crippen molar-refractivity contribution in [3.8, 4) is 11.5 Å². The van der Waals surface area contributed by atoms with Crippen LogP contribution in [0.25, 0.3) is 22.5 Å². The van der Waals surface area contributed by atoms with Gasteiger partial charge >= 0.3 is 11.1 Å². The summed E-state index contributed by atoms with van der Waals surface area (Å²) in [6.45, 7) is 3.32. The molecule has 0 spiro atoms. The second-order valence-corrected chi connectivity index (χ2v) is 4.57. The zero-order valence-electron chi connectivity index (χ0n) is 11.6. The van der Waals surface area contributed by atoms with Crippen LogP contribution in [0, 0.1) is 13.8 Å². The third kappa shape index (κ3) is 2.16. The molecule has 0 fully saturated rings. The molecule has 0 atom stereocenters. The molecule has 10 heteroatoms. The zero-order valence-corrected chi connectivity index (χ0v) is 11.6. The highest BCUT2D eigenvalue weighted by Gasteiger charge is 2.19. The molecule has 0 aliphatic rings. The third-order valence-corrected chi connectivity index (χ3v) is 3.18. The summed E-state index contributed by atoms with van der Waals surface area (Å²) in [7, 11) is 0. The van der Waals surface area contributed by atoms with Gasteiger partial charge in [0.1, 0.15) is 0 Å². The molecule has 2 aromatic heterocycles. The lowest BCUT2D eigenvalue weighted by molar-refractivity contribution is -0.215. The third-order valence-electron chi connectivity index (χ3n) is 3.18. The molecule has 0 saturated carbocycles. The molecule has 2 heterocycles. The minimum absolute atomic E-state index is 0.157. The topological polar surface area (TPSA) is 146 Å². The van der Waals surface area contributed by atoms with Crippen LogP contribution in [-0.4, -0.2) is 25.4 Å². The first-order valence-corrected chi connectivity index (χ1v) is 6.18. The number of nitrogens with one attached hydrogen (secondary N) is 3. The monoisotopic (exact) mass is 305 g/mol. The van der Waals surface area contributed by atoms with Crippen molar-refractivity contribution in [3.05, 3.63) is 38.2 Å². The van der Waals surface area contributed by atoms with Crippen molar-refractivity contribution in [2.75, 3.05) is 5.48 Å². The van der Waals surface area contributed by atoms with Gasteiger partial charge in [-0.25, -0.2) is 10.7 Å². The predicted octanol–water partition coefficient (Wildman–Crippen LogP) is 0.700. The van der Waals surface area contributed by atoms with Gasteiger partial charge in [-0.3, -0.25) is 9.59 Å². The summed E-state index contributed by atoms with van der Waals surface area (Å²) in [5.41, 5.74) is 2.62. The Morgan fingerprint density at radius 3 is 2.59 bits per heavy atom. The van der Waals surface area contributed by atoms with Crippen LogP contribution >= 0.6 is 0 Å². The largest absolute Gasteiger partial charge is 0.421 e. The summed E-state index contributed by atoms with van der Waals surface area (Å²) in [5.74, 6) is 0.496. The van der Waals surface area contributed by atoms with E-state index in [9.17, 15) is 9.59 Å². The molecule has 3 aromatic rings. The quantitative estimate of drug-likeness (QED) is 0.314. The van der Waals surface area contributed by atoms with E-state index in [1.165, 1.54) is 6.07 Å². The second-order valence-electron chi connectivity index (χ2n) is 4.57. The van der Waals surface area contributed by atoms with Crippen LogP contribution in [0.1, 0.15) is 11.5 Å². The fourth-order valence-electron chi connectivity index (χ4n) is 2.18. The Kier molecular flexibility index (Phi) is 3.23. The number of rotatable bonds is 3. The van der Waals surface area contributed by atoms with Crippen molar-refractivity contribution >= 4 is 16.7 Å². The molecule has 0 amide bonds. The normalized spacial score (nSPS) is 11.0. The molecule has 0 saturated heterocycles. The zero-order chi connectivity index (χ0) is 15.9. The first kappa shape index (κ1) is 14.0. The number of aromatic nitrogens is 4. The molecular formula is C12H11N5O5. The van der Waals surface area contributed by atoms with Crippen LogP contribution < -0.4 is 16.6 Å². The van der Waals surface area contributed by atoms with Crippen molar-refractivity contribution in [1.29, 1.82) is 0 Å². The Morgan fingerprint density at radius 1 is 1.23 bits per heavy atom. The fourth-order valence-corrected chi connectivity index (χ4v) is 2.18. The Bertz CT molecular complexity index is 970.